The van der Waals surface area contributed by atoms with Crippen molar-refractivity contribution in [3.05, 3.63) is 87.9 Å². The largest absolute Gasteiger partial charge is 0.481 e. The van der Waals surface area contributed by atoms with Gasteiger partial charge in [-0.1, -0.05) is 34.1 Å². The molecule has 0 spiro atoms. The minimum atomic E-state index is -4.24. The predicted octanol–water partition coefficient (Wildman–Crippen LogP) is 3.83. The Kier molecular flexibility index (Phi) is 5.58. The Morgan fingerprint density at radius 2 is 1.79 bits per heavy atom. The van der Waals surface area contributed by atoms with Crippen LogP contribution in [-0.2, 0) is 10.0 Å². The van der Waals surface area contributed by atoms with Gasteiger partial charge in [0, 0.05) is 15.6 Å². The summed E-state index contributed by atoms with van der Waals surface area (Å²) in [4.78, 5) is 13.8. The van der Waals surface area contributed by atoms with Gasteiger partial charge in [-0.2, -0.15) is 0 Å². The molecule has 0 radical (unpaired) electrons. The van der Waals surface area contributed by atoms with Crippen LogP contribution >= 0.6 is 15.9 Å². The number of anilines is 1. The second-order valence-electron chi connectivity index (χ2n) is 7.88. The molecule has 3 aromatic carbocycles. The number of sulfonamides is 1. The molecule has 34 heavy (non-hydrogen) atoms. The molecule has 0 aromatic heterocycles. The average molecular weight is 551 g/mol. The quantitative estimate of drug-likeness (QED) is 0.533. The Bertz CT molecular complexity index is 1400. The van der Waals surface area contributed by atoms with E-state index in [-0.39, 0.29) is 29.4 Å². The second kappa shape index (κ2) is 8.33. The van der Waals surface area contributed by atoms with Crippen molar-refractivity contribution in [3.63, 3.8) is 0 Å². The maximum absolute atomic E-state index is 14.8. The number of fused-ring (bicyclic) bond motifs is 2. The topological polar surface area (TPSA) is 87.2 Å². The maximum atomic E-state index is 14.8. The highest BCUT2D eigenvalue weighted by atomic mass is 79.9. The lowest BCUT2D eigenvalue weighted by Gasteiger charge is -2.37. The fraction of sp³-hybridized carbons (Fsp3) is 0.174. The molecule has 0 saturated heterocycles. The van der Waals surface area contributed by atoms with E-state index >= 15 is 0 Å². The minimum Gasteiger partial charge on any atom is -0.481 e. The van der Waals surface area contributed by atoms with Gasteiger partial charge in [0.2, 0.25) is 0 Å². The van der Waals surface area contributed by atoms with Crippen LogP contribution in [0.25, 0.3) is 0 Å². The van der Waals surface area contributed by atoms with Crippen molar-refractivity contribution in [1.29, 1.82) is 0 Å². The van der Waals surface area contributed by atoms with E-state index in [1.165, 1.54) is 6.07 Å². The van der Waals surface area contributed by atoms with E-state index in [1.54, 1.807) is 24.3 Å². The first kappa shape index (κ1) is 22.8. The van der Waals surface area contributed by atoms with Crippen molar-refractivity contribution in [2.75, 3.05) is 17.4 Å². The number of carbonyl (C=O) groups is 1. The molecule has 0 aliphatic carbocycles. The Morgan fingerprint density at radius 1 is 1.09 bits per heavy atom. The summed E-state index contributed by atoms with van der Waals surface area (Å²) in [5.74, 6) is -2.15. The Hall–Kier alpha value is -3.02. The predicted molar refractivity (Wildman–Crippen MR) is 122 cm³/mol. The molecular formula is C23H17BrF2N2O5S. The van der Waals surface area contributed by atoms with E-state index in [9.17, 15) is 27.1 Å². The first-order valence-electron chi connectivity index (χ1n) is 10.2. The Balaban J connectivity index is 1.52. The average Bonchev–Trinajstić information content (AvgIpc) is 3.04. The molecule has 2 heterocycles. The zero-order chi connectivity index (χ0) is 24.2. The van der Waals surface area contributed by atoms with Gasteiger partial charge in [-0.15, -0.1) is 0 Å². The van der Waals surface area contributed by atoms with Gasteiger partial charge in [0.1, 0.15) is 11.9 Å². The van der Waals surface area contributed by atoms with Gasteiger partial charge in [0.05, 0.1) is 23.7 Å². The molecule has 2 unspecified atom stereocenters. The van der Waals surface area contributed by atoms with Crippen molar-refractivity contribution in [1.82, 2.24) is 4.90 Å². The van der Waals surface area contributed by atoms with E-state index in [2.05, 4.69) is 15.9 Å². The van der Waals surface area contributed by atoms with Crippen molar-refractivity contribution in [2.24, 2.45) is 0 Å². The Morgan fingerprint density at radius 3 is 2.50 bits per heavy atom. The number of hydrogen-bond acceptors (Lipinski definition) is 5. The molecule has 1 amide bonds. The molecule has 0 bridgehead atoms. The molecular weight excluding hydrogens is 534 g/mol. The van der Waals surface area contributed by atoms with E-state index in [0.717, 1.165) is 39.5 Å². The summed E-state index contributed by atoms with van der Waals surface area (Å²) in [5, 5.41) is 10.7. The van der Waals surface area contributed by atoms with Crippen LogP contribution in [0.15, 0.2) is 70.0 Å². The first-order chi connectivity index (χ1) is 16.2. The number of benzene rings is 3. The molecule has 2 aliphatic heterocycles. The first-order valence-corrected chi connectivity index (χ1v) is 12.4. The molecule has 7 nitrogen and oxygen atoms in total. The number of rotatable bonds is 4. The van der Waals surface area contributed by atoms with E-state index < -0.39 is 39.9 Å². The number of carbonyl (C=O) groups excluding carboxylic acids is 1. The highest BCUT2D eigenvalue weighted by Crippen LogP contribution is 2.42. The molecule has 11 heteroatoms. The molecule has 0 fully saturated rings. The highest BCUT2D eigenvalue weighted by Gasteiger charge is 2.41. The standard InChI is InChI=1S/C23H17BrF2N2O5S/c24-13-9-19(26)21-20(10-13)28(34(31,32)16-7-5-14(25)6-8-16)12-15(33-21)11-27-22(29)17-3-1-2-4-18(17)23(27)30/h1-10,15,22,29H,11-12H2. The van der Waals surface area contributed by atoms with Crippen LogP contribution in [-0.4, -0.2) is 43.5 Å². The lowest BCUT2D eigenvalue weighted by molar-refractivity contribution is 0.000588. The molecule has 176 valence electrons. The van der Waals surface area contributed by atoms with E-state index in [1.807, 2.05) is 0 Å². The van der Waals surface area contributed by atoms with Gasteiger partial charge in [-0.3, -0.25) is 9.10 Å². The summed E-state index contributed by atoms with van der Waals surface area (Å²) in [7, 11) is -4.24. The van der Waals surface area contributed by atoms with Crippen molar-refractivity contribution in [2.45, 2.75) is 17.2 Å². The van der Waals surface area contributed by atoms with Crippen LogP contribution in [0, 0.1) is 11.6 Å². The van der Waals surface area contributed by atoms with Crippen LogP contribution in [0.3, 0.4) is 0 Å². The van der Waals surface area contributed by atoms with E-state index in [0.29, 0.717) is 15.6 Å². The normalized spacial score (nSPS) is 19.6. The van der Waals surface area contributed by atoms with Crippen LogP contribution < -0.4 is 9.04 Å². The number of halogens is 3. The van der Waals surface area contributed by atoms with Crippen molar-refractivity contribution >= 4 is 37.5 Å². The lowest BCUT2D eigenvalue weighted by Crippen LogP contribution is -2.49. The number of aliphatic hydroxyl groups excluding tert-OH is 1. The van der Waals surface area contributed by atoms with Crippen LogP contribution in [0.5, 0.6) is 5.75 Å². The molecule has 0 saturated carbocycles. The van der Waals surface area contributed by atoms with Gasteiger partial charge >= 0.3 is 0 Å². The third-order valence-electron chi connectivity index (χ3n) is 5.74. The summed E-state index contributed by atoms with van der Waals surface area (Å²) in [6.45, 7) is -0.464. The molecule has 3 aromatic rings. The number of amides is 1. The monoisotopic (exact) mass is 550 g/mol. The van der Waals surface area contributed by atoms with Gasteiger partial charge in [0.15, 0.2) is 17.8 Å². The number of aliphatic hydroxyl groups is 1. The molecule has 5 rings (SSSR count). The second-order valence-corrected chi connectivity index (χ2v) is 10.7. The van der Waals surface area contributed by atoms with E-state index in [4.69, 9.17) is 4.74 Å². The van der Waals surface area contributed by atoms with Crippen molar-refractivity contribution in [3.8, 4) is 5.75 Å². The highest BCUT2D eigenvalue weighted by molar-refractivity contribution is 9.10. The van der Waals surface area contributed by atoms with Gasteiger partial charge in [-0.25, -0.2) is 17.2 Å². The summed E-state index contributed by atoms with van der Waals surface area (Å²) < 4.78 is 62.2. The zero-order valence-electron chi connectivity index (χ0n) is 17.4. The van der Waals surface area contributed by atoms with Crippen LogP contribution in [0.1, 0.15) is 22.1 Å². The molecule has 2 atom stereocenters. The number of ether oxygens (including phenoxy) is 1. The van der Waals surface area contributed by atoms with Crippen LogP contribution in [0.2, 0.25) is 0 Å². The maximum Gasteiger partial charge on any atom is 0.264 e. The summed E-state index contributed by atoms with van der Waals surface area (Å²) >= 11 is 3.17. The number of nitrogens with zero attached hydrogens (tertiary/aromatic N) is 2. The van der Waals surface area contributed by atoms with Crippen molar-refractivity contribution < 1.29 is 31.8 Å². The minimum absolute atomic E-state index is 0.0379. The third-order valence-corrected chi connectivity index (χ3v) is 7.99. The zero-order valence-corrected chi connectivity index (χ0v) is 19.8. The van der Waals surface area contributed by atoms with Gasteiger partial charge in [-0.05, 0) is 42.5 Å². The van der Waals surface area contributed by atoms with Gasteiger partial charge < -0.3 is 14.7 Å². The molecule has 1 N–H and O–H groups in total. The van der Waals surface area contributed by atoms with Crippen LogP contribution in [0.4, 0.5) is 14.5 Å². The fourth-order valence-corrected chi connectivity index (χ4v) is 6.05. The smallest absolute Gasteiger partial charge is 0.264 e. The molecule has 2 aliphatic rings. The SMILES string of the molecule is O=C1c2ccccc2C(O)N1CC1CN(S(=O)(=O)c2ccc(F)cc2)c2cc(Br)cc(F)c2O1. The Labute approximate surface area is 202 Å². The summed E-state index contributed by atoms with van der Waals surface area (Å²) in [6.07, 6.45) is -2.24. The summed E-state index contributed by atoms with van der Waals surface area (Å²) in [5.41, 5.74) is 0.718. The summed E-state index contributed by atoms with van der Waals surface area (Å²) in [6, 6.07) is 13.4. The fourth-order valence-electron chi connectivity index (χ4n) is 4.15. The third kappa shape index (κ3) is 3.73. The van der Waals surface area contributed by atoms with Gasteiger partial charge in [0.25, 0.3) is 15.9 Å². The lowest BCUT2D eigenvalue weighted by atomic mass is 10.1. The number of hydrogen-bond donors (Lipinski definition) is 1.